The summed E-state index contributed by atoms with van der Waals surface area (Å²) in [5, 5.41) is 18.0. The van der Waals surface area contributed by atoms with Gasteiger partial charge in [0.25, 0.3) is 10.0 Å². The second-order valence-corrected chi connectivity index (χ2v) is 6.46. The van der Waals surface area contributed by atoms with Crippen molar-refractivity contribution in [2.75, 3.05) is 5.32 Å². The van der Waals surface area contributed by atoms with Gasteiger partial charge in [0.2, 0.25) is 15.4 Å². The first-order valence-electron chi connectivity index (χ1n) is 5.23. The number of hydrogen-bond donors (Lipinski definition) is 3. The lowest BCUT2D eigenvalue weighted by molar-refractivity contribution is -0.138. The Morgan fingerprint density at radius 3 is 2.65 bits per heavy atom. The SMILES string of the molecule is C=CCC(NS(=O)(=O)c1nnc(NC(C)=O)s1)C(=O)O. The van der Waals surface area contributed by atoms with E-state index in [0.717, 1.165) is 0 Å². The Labute approximate surface area is 118 Å². The Morgan fingerprint density at radius 2 is 2.15 bits per heavy atom. The average Bonchev–Trinajstić information content (AvgIpc) is 2.76. The largest absolute Gasteiger partial charge is 0.480 e. The van der Waals surface area contributed by atoms with Crippen molar-refractivity contribution < 1.29 is 23.1 Å². The second kappa shape index (κ2) is 6.54. The molecule has 1 unspecified atom stereocenters. The van der Waals surface area contributed by atoms with Gasteiger partial charge in [0.1, 0.15) is 6.04 Å². The number of aromatic nitrogens is 2. The number of carboxylic acids is 1. The summed E-state index contributed by atoms with van der Waals surface area (Å²) in [6.45, 7) is 4.59. The van der Waals surface area contributed by atoms with Gasteiger partial charge in [0, 0.05) is 6.92 Å². The third kappa shape index (κ3) is 4.36. The van der Waals surface area contributed by atoms with E-state index in [0.29, 0.717) is 11.3 Å². The summed E-state index contributed by atoms with van der Waals surface area (Å²) in [6.07, 6.45) is 1.20. The molecule has 0 aromatic carbocycles. The third-order valence-corrected chi connectivity index (χ3v) is 4.60. The fraction of sp³-hybridized carbons (Fsp3) is 0.333. The molecule has 1 heterocycles. The summed E-state index contributed by atoms with van der Waals surface area (Å²) in [7, 11) is -4.13. The van der Waals surface area contributed by atoms with Gasteiger partial charge in [0.15, 0.2) is 0 Å². The topological polar surface area (TPSA) is 138 Å². The molecular formula is C9H12N4O5S2. The Kier molecular flexibility index (Phi) is 5.30. The van der Waals surface area contributed by atoms with Gasteiger partial charge in [-0.3, -0.25) is 9.59 Å². The van der Waals surface area contributed by atoms with Crippen LogP contribution in [0.4, 0.5) is 5.13 Å². The number of nitrogens with one attached hydrogen (secondary N) is 2. The number of amides is 1. The van der Waals surface area contributed by atoms with Crippen molar-refractivity contribution in [3.63, 3.8) is 0 Å². The van der Waals surface area contributed by atoms with Gasteiger partial charge in [-0.15, -0.1) is 16.8 Å². The molecule has 11 heteroatoms. The van der Waals surface area contributed by atoms with Crippen LogP contribution >= 0.6 is 11.3 Å². The first-order valence-corrected chi connectivity index (χ1v) is 7.53. The molecule has 1 aromatic rings. The van der Waals surface area contributed by atoms with E-state index in [2.05, 4.69) is 22.1 Å². The van der Waals surface area contributed by atoms with E-state index >= 15 is 0 Å². The van der Waals surface area contributed by atoms with Gasteiger partial charge >= 0.3 is 5.97 Å². The molecule has 0 saturated heterocycles. The molecule has 20 heavy (non-hydrogen) atoms. The molecule has 0 radical (unpaired) electrons. The molecule has 9 nitrogen and oxygen atoms in total. The molecule has 1 aromatic heterocycles. The molecule has 0 aliphatic rings. The van der Waals surface area contributed by atoms with Crippen molar-refractivity contribution >= 4 is 38.4 Å². The zero-order valence-electron chi connectivity index (χ0n) is 10.4. The van der Waals surface area contributed by atoms with Gasteiger partial charge < -0.3 is 10.4 Å². The number of carbonyl (C=O) groups is 2. The molecular weight excluding hydrogens is 308 g/mol. The maximum absolute atomic E-state index is 11.9. The first-order chi connectivity index (χ1) is 9.26. The molecule has 0 spiro atoms. The summed E-state index contributed by atoms with van der Waals surface area (Å²) in [5.41, 5.74) is 0. The number of carbonyl (C=O) groups excluding carboxylic acids is 1. The predicted octanol–water partition coefficient (Wildman–Crippen LogP) is -0.196. The minimum Gasteiger partial charge on any atom is -0.480 e. The van der Waals surface area contributed by atoms with Gasteiger partial charge in [-0.2, -0.15) is 4.72 Å². The third-order valence-electron chi connectivity index (χ3n) is 1.92. The lowest BCUT2D eigenvalue weighted by Crippen LogP contribution is -2.40. The van der Waals surface area contributed by atoms with Gasteiger partial charge in [-0.05, 0) is 6.42 Å². The molecule has 0 fully saturated rings. The van der Waals surface area contributed by atoms with E-state index in [-0.39, 0.29) is 11.6 Å². The monoisotopic (exact) mass is 320 g/mol. The van der Waals surface area contributed by atoms with Crippen molar-refractivity contribution in [3.8, 4) is 0 Å². The molecule has 1 amide bonds. The average molecular weight is 320 g/mol. The van der Waals surface area contributed by atoms with Gasteiger partial charge in [-0.1, -0.05) is 17.4 Å². The van der Waals surface area contributed by atoms with Crippen LogP contribution in [0.15, 0.2) is 17.0 Å². The maximum Gasteiger partial charge on any atom is 0.322 e. The molecule has 3 N–H and O–H groups in total. The fourth-order valence-electron chi connectivity index (χ4n) is 1.12. The smallest absolute Gasteiger partial charge is 0.322 e. The van der Waals surface area contributed by atoms with Crippen LogP contribution in [0.3, 0.4) is 0 Å². The summed E-state index contributed by atoms with van der Waals surface area (Å²) < 4.78 is 25.4. The Hall–Kier alpha value is -1.85. The number of hydrogen-bond acceptors (Lipinski definition) is 7. The van der Waals surface area contributed by atoms with E-state index < -0.39 is 32.3 Å². The van der Waals surface area contributed by atoms with E-state index in [1.54, 1.807) is 0 Å². The summed E-state index contributed by atoms with van der Waals surface area (Å²) >= 11 is 0.617. The minimum absolute atomic E-state index is 0.00784. The number of aliphatic carboxylic acids is 1. The number of carboxylic acid groups (broad SMARTS) is 1. The zero-order valence-corrected chi connectivity index (χ0v) is 12.0. The van der Waals surface area contributed by atoms with Crippen LogP contribution in [-0.4, -0.2) is 41.6 Å². The highest BCUT2D eigenvalue weighted by Gasteiger charge is 2.27. The van der Waals surface area contributed by atoms with E-state index in [1.165, 1.54) is 13.0 Å². The van der Waals surface area contributed by atoms with Crippen LogP contribution in [0.25, 0.3) is 0 Å². The molecule has 0 aliphatic carbocycles. The minimum atomic E-state index is -4.13. The zero-order chi connectivity index (χ0) is 15.3. The van der Waals surface area contributed by atoms with Crippen molar-refractivity contribution in [3.05, 3.63) is 12.7 Å². The highest BCUT2D eigenvalue weighted by Crippen LogP contribution is 2.20. The van der Waals surface area contributed by atoms with E-state index in [4.69, 9.17) is 5.11 Å². The molecule has 0 saturated carbocycles. The summed E-state index contributed by atoms with van der Waals surface area (Å²) in [5.74, 6) is -1.76. The van der Waals surface area contributed by atoms with E-state index in [9.17, 15) is 18.0 Å². The van der Waals surface area contributed by atoms with Crippen molar-refractivity contribution in [2.24, 2.45) is 0 Å². The second-order valence-electron chi connectivity index (χ2n) is 3.59. The van der Waals surface area contributed by atoms with Crippen LogP contribution in [0.5, 0.6) is 0 Å². The molecule has 0 bridgehead atoms. The fourth-order valence-corrected chi connectivity index (χ4v) is 3.29. The summed E-state index contributed by atoms with van der Waals surface area (Å²) in [6, 6.07) is -1.34. The highest BCUT2D eigenvalue weighted by molar-refractivity contribution is 7.91. The number of sulfonamides is 1. The maximum atomic E-state index is 11.9. The predicted molar refractivity (Wildman–Crippen MR) is 70.8 cm³/mol. The normalized spacial score (nSPS) is 12.7. The van der Waals surface area contributed by atoms with Crippen LogP contribution in [0, 0.1) is 0 Å². The molecule has 1 atom stereocenters. The summed E-state index contributed by atoms with van der Waals surface area (Å²) in [4.78, 5) is 21.7. The number of anilines is 1. The van der Waals surface area contributed by atoms with Crippen LogP contribution < -0.4 is 10.0 Å². The standard InChI is InChI=1S/C9H12N4O5S2/c1-3-4-6(7(15)16)13-20(17,18)9-12-11-8(19-9)10-5(2)14/h3,6,13H,1,4H2,2H3,(H,15,16)(H,10,11,14). The Balaban J connectivity index is 2.92. The molecule has 110 valence electrons. The Morgan fingerprint density at radius 1 is 1.50 bits per heavy atom. The van der Waals surface area contributed by atoms with Crippen LogP contribution in [0.1, 0.15) is 13.3 Å². The van der Waals surface area contributed by atoms with Crippen LogP contribution in [0.2, 0.25) is 0 Å². The lowest BCUT2D eigenvalue weighted by Gasteiger charge is -2.10. The number of rotatable bonds is 7. The van der Waals surface area contributed by atoms with Crippen molar-refractivity contribution in [1.29, 1.82) is 0 Å². The van der Waals surface area contributed by atoms with Crippen molar-refractivity contribution in [1.82, 2.24) is 14.9 Å². The lowest BCUT2D eigenvalue weighted by atomic mass is 10.2. The number of nitrogens with zero attached hydrogens (tertiary/aromatic N) is 2. The first kappa shape index (κ1) is 16.2. The van der Waals surface area contributed by atoms with Crippen LogP contribution in [-0.2, 0) is 19.6 Å². The van der Waals surface area contributed by atoms with E-state index in [1.807, 2.05) is 4.72 Å². The quantitative estimate of drug-likeness (QED) is 0.467. The van der Waals surface area contributed by atoms with Crippen molar-refractivity contribution in [2.45, 2.75) is 23.7 Å². The molecule has 0 aliphatic heterocycles. The van der Waals surface area contributed by atoms with Gasteiger partial charge in [0.05, 0.1) is 0 Å². The molecule has 1 rings (SSSR count). The Bertz CT molecular complexity index is 624. The van der Waals surface area contributed by atoms with Gasteiger partial charge in [-0.25, -0.2) is 8.42 Å². The highest BCUT2D eigenvalue weighted by atomic mass is 32.2.